The number of hydrogen-bond donors (Lipinski definition) is 3. The first kappa shape index (κ1) is 18.4. The lowest BCUT2D eigenvalue weighted by Gasteiger charge is -2.11. The molecule has 0 saturated heterocycles. The van der Waals surface area contributed by atoms with E-state index in [0.29, 0.717) is 19.1 Å². The molecule has 8 heteroatoms. The fourth-order valence-corrected chi connectivity index (χ4v) is 2.52. The third kappa shape index (κ3) is 7.37. The highest BCUT2D eigenvalue weighted by Gasteiger charge is 2.04. The van der Waals surface area contributed by atoms with Crippen molar-refractivity contribution in [2.24, 2.45) is 4.99 Å². The average Bonchev–Trinajstić information content (AvgIpc) is 2.99. The second kappa shape index (κ2) is 11.0. The maximum atomic E-state index is 11.5. The van der Waals surface area contributed by atoms with Gasteiger partial charge in [0.15, 0.2) is 5.96 Å². The van der Waals surface area contributed by atoms with E-state index < -0.39 is 0 Å². The SMILES string of the molecule is CCc1cnc(CCNC(=NC)NCC(=O)NCCOC)s1. The summed E-state index contributed by atoms with van der Waals surface area (Å²) in [5.74, 6) is 0.515. The summed E-state index contributed by atoms with van der Waals surface area (Å²) in [6, 6.07) is 0. The monoisotopic (exact) mass is 327 g/mol. The van der Waals surface area contributed by atoms with Gasteiger partial charge < -0.3 is 20.7 Å². The van der Waals surface area contributed by atoms with Crippen molar-refractivity contribution in [3.05, 3.63) is 16.1 Å². The zero-order valence-electron chi connectivity index (χ0n) is 13.4. The van der Waals surface area contributed by atoms with Crippen molar-refractivity contribution in [1.82, 2.24) is 20.9 Å². The first-order chi connectivity index (χ1) is 10.7. The molecular formula is C14H25N5O2S. The molecule has 7 nitrogen and oxygen atoms in total. The molecule has 3 N–H and O–H groups in total. The number of guanidine groups is 1. The number of methoxy groups -OCH3 is 1. The van der Waals surface area contributed by atoms with Crippen molar-refractivity contribution < 1.29 is 9.53 Å². The third-order valence-corrected chi connectivity index (χ3v) is 4.05. The minimum absolute atomic E-state index is 0.0903. The van der Waals surface area contributed by atoms with E-state index >= 15 is 0 Å². The molecule has 1 aromatic rings. The van der Waals surface area contributed by atoms with Gasteiger partial charge in [0, 0.05) is 44.7 Å². The second-order valence-corrected chi connectivity index (χ2v) is 5.72. The molecule has 0 aromatic carbocycles. The van der Waals surface area contributed by atoms with Gasteiger partial charge >= 0.3 is 0 Å². The van der Waals surface area contributed by atoms with E-state index in [-0.39, 0.29) is 12.5 Å². The van der Waals surface area contributed by atoms with Crippen LogP contribution >= 0.6 is 11.3 Å². The van der Waals surface area contributed by atoms with E-state index in [0.717, 1.165) is 24.4 Å². The Bertz CT molecular complexity index is 476. The minimum Gasteiger partial charge on any atom is -0.383 e. The van der Waals surface area contributed by atoms with Crippen molar-refractivity contribution in [2.75, 3.05) is 40.4 Å². The average molecular weight is 327 g/mol. The van der Waals surface area contributed by atoms with Gasteiger partial charge in [-0.05, 0) is 6.42 Å². The van der Waals surface area contributed by atoms with Crippen molar-refractivity contribution in [1.29, 1.82) is 0 Å². The minimum atomic E-state index is -0.0903. The van der Waals surface area contributed by atoms with Crippen LogP contribution in [0.5, 0.6) is 0 Å². The van der Waals surface area contributed by atoms with Crippen molar-refractivity contribution in [3.8, 4) is 0 Å². The van der Waals surface area contributed by atoms with Crippen LogP contribution in [0.1, 0.15) is 16.8 Å². The number of carbonyl (C=O) groups excluding carboxylic acids is 1. The van der Waals surface area contributed by atoms with Gasteiger partial charge in [0.25, 0.3) is 0 Å². The van der Waals surface area contributed by atoms with Crippen molar-refractivity contribution in [2.45, 2.75) is 19.8 Å². The number of aliphatic imine (C=N–C) groups is 1. The Labute approximate surface area is 135 Å². The van der Waals surface area contributed by atoms with Crippen LogP contribution in [-0.2, 0) is 22.4 Å². The lowest BCUT2D eigenvalue weighted by molar-refractivity contribution is -0.120. The molecular weight excluding hydrogens is 302 g/mol. The zero-order chi connectivity index (χ0) is 16.2. The maximum absolute atomic E-state index is 11.5. The molecule has 0 fully saturated rings. The summed E-state index contributed by atoms with van der Waals surface area (Å²) in [6.45, 7) is 4.04. The fourth-order valence-electron chi connectivity index (χ4n) is 1.65. The van der Waals surface area contributed by atoms with Gasteiger partial charge in [0.05, 0.1) is 18.2 Å². The molecule has 0 atom stereocenters. The molecule has 1 aromatic heterocycles. The summed E-state index contributed by atoms with van der Waals surface area (Å²) in [7, 11) is 3.28. The topological polar surface area (TPSA) is 87.6 Å². The second-order valence-electron chi connectivity index (χ2n) is 4.52. The quantitative estimate of drug-likeness (QED) is 0.342. The molecule has 0 radical (unpaired) electrons. The lowest BCUT2D eigenvalue weighted by Crippen LogP contribution is -2.44. The number of nitrogens with zero attached hydrogens (tertiary/aromatic N) is 2. The van der Waals surface area contributed by atoms with Gasteiger partial charge in [-0.3, -0.25) is 9.79 Å². The Kier molecular flexibility index (Phi) is 9.17. The normalized spacial score (nSPS) is 11.3. The summed E-state index contributed by atoms with van der Waals surface area (Å²) in [5.41, 5.74) is 0. The van der Waals surface area contributed by atoms with E-state index in [1.165, 1.54) is 4.88 Å². The van der Waals surface area contributed by atoms with Crippen LogP contribution in [0.2, 0.25) is 0 Å². The summed E-state index contributed by atoms with van der Waals surface area (Å²) in [5, 5.41) is 9.98. The maximum Gasteiger partial charge on any atom is 0.239 e. The Hall–Kier alpha value is -1.67. The standard InChI is InChI=1S/C14H25N5O2S/c1-4-11-9-18-13(22-11)5-6-17-14(15-2)19-10-12(20)16-7-8-21-3/h9H,4-8,10H2,1-3H3,(H,16,20)(H2,15,17,19). The molecule has 1 amide bonds. The smallest absolute Gasteiger partial charge is 0.239 e. The molecule has 0 bridgehead atoms. The molecule has 0 unspecified atom stereocenters. The van der Waals surface area contributed by atoms with Crippen molar-refractivity contribution in [3.63, 3.8) is 0 Å². The molecule has 1 heterocycles. The van der Waals surface area contributed by atoms with Crippen molar-refractivity contribution >= 4 is 23.2 Å². The summed E-state index contributed by atoms with van der Waals surface area (Å²) < 4.78 is 4.87. The number of thiazole rings is 1. The Morgan fingerprint density at radius 3 is 2.82 bits per heavy atom. The molecule has 22 heavy (non-hydrogen) atoms. The van der Waals surface area contributed by atoms with Crippen LogP contribution in [0, 0.1) is 0 Å². The predicted molar refractivity (Wildman–Crippen MR) is 89.4 cm³/mol. The van der Waals surface area contributed by atoms with Gasteiger partial charge in [-0.2, -0.15) is 0 Å². The van der Waals surface area contributed by atoms with Gasteiger partial charge in [0.2, 0.25) is 5.91 Å². The van der Waals surface area contributed by atoms with Crippen LogP contribution in [0.15, 0.2) is 11.2 Å². The zero-order valence-corrected chi connectivity index (χ0v) is 14.3. The largest absolute Gasteiger partial charge is 0.383 e. The number of nitrogens with one attached hydrogen (secondary N) is 3. The highest BCUT2D eigenvalue weighted by Crippen LogP contribution is 2.13. The van der Waals surface area contributed by atoms with Gasteiger partial charge in [-0.15, -0.1) is 11.3 Å². The Balaban J connectivity index is 2.20. The number of rotatable bonds is 9. The fraction of sp³-hybridized carbons (Fsp3) is 0.643. The van der Waals surface area contributed by atoms with Crippen LogP contribution in [0.25, 0.3) is 0 Å². The van der Waals surface area contributed by atoms with Crippen LogP contribution in [-0.4, -0.2) is 57.2 Å². The molecule has 0 aliphatic heterocycles. The number of ether oxygens (including phenoxy) is 1. The van der Waals surface area contributed by atoms with E-state index in [1.54, 1.807) is 25.5 Å². The van der Waals surface area contributed by atoms with Crippen LogP contribution in [0.3, 0.4) is 0 Å². The number of aryl methyl sites for hydroxylation is 1. The third-order valence-electron chi connectivity index (χ3n) is 2.85. The van der Waals surface area contributed by atoms with E-state index in [2.05, 4.69) is 32.9 Å². The highest BCUT2D eigenvalue weighted by molar-refractivity contribution is 7.11. The Morgan fingerprint density at radius 1 is 1.36 bits per heavy atom. The van der Waals surface area contributed by atoms with Crippen LogP contribution in [0.4, 0.5) is 0 Å². The number of amides is 1. The summed E-state index contributed by atoms with van der Waals surface area (Å²) >= 11 is 1.73. The van der Waals surface area contributed by atoms with E-state index in [4.69, 9.17) is 4.74 Å². The molecule has 1 rings (SSSR count). The summed E-state index contributed by atoms with van der Waals surface area (Å²) in [4.78, 5) is 21.3. The predicted octanol–water partition coefficient (Wildman–Crippen LogP) is 0.176. The lowest BCUT2D eigenvalue weighted by atomic mass is 10.4. The molecule has 124 valence electrons. The van der Waals surface area contributed by atoms with E-state index in [1.807, 2.05) is 6.20 Å². The molecule has 0 saturated carbocycles. The van der Waals surface area contributed by atoms with Gasteiger partial charge in [-0.25, -0.2) is 4.98 Å². The Morgan fingerprint density at radius 2 is 2.18 bits per heavy atom. The van der Waals surface area contributed by atoms with E-state index in [9.17, 15) is 4.79 Å². The first-order valence-electron chi connectivity index (χ1n) is 7.33. The number of carbonyl (C=O) groups is 1. The number of aromatic nitrogens is 1. The van der Waals surface area contributed by atoms with Gasteiger partial charge in [0.1, 0.15) is 0 Å². The first-order valence-corrected chi connectivity index (χ1v) is 8.15. The number of hydrogen-bond acceptors (Lipinski definition) is 5. The van der Waals surface area contributed by atoms with Crippen LogP contribution < -0.4 is 16.0 Å². The van der Waals surface area contributed by atoms with Gasteiger partial charge in [-0.1, -0.05) is 6.92 Å². The molecule has 0 spiro atoms. The molecule has 0 aliphatic rings. The highest BCUT2D eigenvalue weighted by atomic mass is 32.1. The summed E-state index contributed by atoms with van der Waals surface area (Å²) in [6.07, 6.45) is 3.79. The molecule has 0 aliphatic carbocycles.